The lowest BCUT2D eigenvalue weighted by Gasteiger charge is -2.35. The zero-order valence-electron chi connectivity index (χ0n) is 34.0. The number of benzene rings is 10. The molecule has 0 saturated heterocycles. The summed E-state index contributed by atoms with van der Waals surface area (Å²) in [7, 11) is 0. The number of fused-ring (bicyclic) bond motifs is 4. The maximum atomic E-state index is 2.54. The molecule has 0 aliphatic heterocycles. The molecule has 10 aromatic rings. The highest BCUT2D eigenvalue weighted by Gasteiger charge is 2.48. The summed E-state index contributed by atoms with van der Waals surface area (Å²) in [6.45, 7) is 2.26. The highest BCUT2D eigenvalue weighted by molar-refractivity contribution is 6.11. The van der Waals surface area contributed by atoms with E-state index < -0.39 is 5.41 Å². The van der Waals surface area contributed by atoms with Gasteiger partial charge in [0.2, 0.25) is 0 Å². The molecule has 1 nitrogen and oxygen atoms in total. The summed E-state index contributed by atoms with van der Waals surface area (Å²) in [5, 5.41) is 2.41. The molecule has 0 aromatic heterocycles. The summed E-state index contributed by atoms with van der Waals surface area (Å²) >= 11 is 0. The first-order chi connectivity index (χ1) is 30.2. The molecule has 11 rings (SSSR count). The Bertz CT molecular complexity index is 3130. The highest BCUT2D eigenvalue weighted by atomic mass is 15.1. The van der Waals surface area contributed by atoms with Crippen molar-refractivity contribution in [1.82, 2.24) is 0 Å². The van der Waals surface area contributed by atoms with E-state index in [1.165, 1.54) is 88.8 Å². The fourth-order valence-electron chi connectivity index (χ4n) is 9.97. The maximum Gasteiger partial charge on any atom is 0.0714 e. The van der Waals surface area contributed by atoms with E-state index in [4.69, 9.17) is 0 Å². The van der Waals surface area contributed by atoms with Crippen molar-refractivity contribution < 1.29 is 0 Å². The third kappa shape index (κ3) is 6.01. The van der Waals surface area contributed by atoms with Crippen LogP contribution in [-0.4, -0.2) is 0 Å². The Balaban J connectivity index is 1.21. The molecule has 0 amide bonds. The van der Waals surface area contributed by atoms with Crippen LogP contribution in [0, 0.1) is 6.92 Å². The van der Waals surface area contributed by atoms with Gasteiger partial charge in [0.15, 0.2) is 0 Å². The van der Waals surface area contributed by atoms with E-state index in [2.05, 4.69) is 254 Å². The zero-order chi connectivity index (χ0) is 40.8. The monoisotopic (exact) mass is 777 g/mol. The van der Waals surface area contributed by atoms with E-state index in [1.807, 2.05) is 0 Å². The van der Waals surface area contributed by atoms with Gasteiger partial charge in [-0.2, -0.15) is 0 Å². The number of rotatable bonds is 8. The van der Waals surface area contributed by atoms with Crippen LogP contribution in [0.3, 0.4) is 0 Å². The predicted octanol–water partition coefficient (Wildman–Crippen LogP) is 16.0. The van der Waals surface area contributed by atoms with Crippen molar-refractivity contribution in [2.45, 2.75) is 12.3 Å². The molecule has 0 bridgehead atoms. The molecule has 0 spiro atoms. The quantitative estimate of drug-likeness (QED) is 0.149. The lowest BCUT2D eigenvalue weighted by Crippen LogP contribution is -2.28. The Morgan fingerprint density at radius 3 is 1.48 bits per heavy atom. The van der Waals surface area contributed by atoms with Crippen LogP contribution in [-0.2, 0) is 5.41 Å². The third-order valence-electron chi connectivity index (χ3n) is 12.7. The van der Waals surface area contributed by atoms with Crippen LogP contribution < -0.4 is 4.90 Å². The molecular weight excluding hydrogens is 735 g/mol. The van der Waals surface area contributed by atoms with E-state index in [0.717, 1.165) is 11.4 Å². The molecule has 0 fully saturated rings. The average Bonchev–Trinajstić information content (AvgIpc) is 3.63. The van der Waals surface area contributed by atoms with Gasteiger partial charge in [0, 0.05) is 22.3 Å². The molecule has 1 aliphatic rings. The molecule has 61 heavy (non-hydrogen) atoms. The largest absolute Gasteiger partial charge is 0.309 e. The SMILES string of the molecule is Cc1cc(-c2ccccc2)ccc1N(c1ccc(-c2ccccc2-c2ccccc2)cc1)c1c2c(cc3ccccc13)C(c1ccccc1)(c1ccccc1)c1ccccc1-2. The van der Waals surface area contributed by atoms with E-state index in [9.17, 15) is 0 Å². The van der Waals surface area contributed by atoms with E-state index in [-0.39, 0.29) is 0 Å². The first-order valence-electron chi connectivity index (χ1n) is 21.2. The second-order valence-corrected chi connectivity index (χ2v) is 16.1. The molecule has 10 aromatic carbocycles. The van der Waals surface area contributed by atoms with Gasteiger partial charge in [-0.3, -0.25) is 0 Å². The maximum absolute atomic E-state index is 2.54. The summed E-state index contributed by atoms with van der Waals surface area (Å²) < 4.78 is 0. The number of aryl methyl sites for hydroxylation is 1. The topological polar surface area (TPSA) is 3.24 Å². The second-order valence-electron chi connectivity index (χ2n) is 16.1. The fraction of sp³-hybridized carbons (Fsp3) is 0.0333. The van der Waals surface area contributed by atoms with E-state index >= 15 is 0 Å². The van der Waals surface area contributed by atoms with Crippen molar-refractivity contribution in [3.63, 3.8) is 0 Å². The van der Waals surface area contributed by atoms with Crippen LogP contribution in [0.25, 0.3) is 55.3 Å². The minimum atomic E-state index is -0.546. The van der Waals surface area contributed by atoms with Crippen molar-refractivity contribution in [2.75, 3.05) is 4.90 Å². The van der Waals surface area contributed by atoms with Gasteiger partial charge in [-0.25, -0.2) is 0 Å². The van der Waals surface area contributed by atoms with Crippen molar-refractivity contribution >= 4 is 27.8 Å². The number of hydrogen-bond donors (Lipinski definition) is 0. The lowest BCUT2D eigenvalue weighted by molar-refractivity contribution is 0.769. The van der Waals surface area contributed by atoms with Gasteiger partial charge in [-0.05, 0) is 109 Å². The van der Waals surface area contributed by atoms with Crippen LogP contribution in [0.15, 0.2) is 243 Å². The van der Waals surface area contributed by atoms with Gasteiger partial charge >= 0.3 is 0 Å². The van der Waals surface area contributed by atoms with E-state index in [0.29, 0.717) is 0 Å². The van der Waals surface area contributed by atoms with Crippen molar-refractivity contribution in [1.29, 1.82) is 0 Å². The number of nitrogens with zero attached hydrogens (tertiary/aromatic N) is 1. The van der Waals surface area contributed by atoms with Crippen molar-refractivity contribution in [2.24, 2.45) is 0 Å². The molecule has 0 unspecified atom stereocenters. The first kappa shape index (κ1) is 36.3. The molecule has 1 aliphatic carbocycles. The molecule has 1 heteroatoms. The molecule has 0 N–H and O–H groups in total. The number of anilines is 3. The lowest BCUT2D eigenvalue weighted by atomic mass is 9.67. The number of hydrogen-bond acceptors (Lipinski definition) is 1. The normalized spacial score (nSPS) is 12.5. The molecule has 0 atom stereocenters. The average molecular weight is 778 g/mol. The minimum absolute atomic E-state index is 0.546. The Morgan fingerprint density at radius 1 is 0.361 bits per heavy atom. The second kappa shape index (κ2) is 15.1. The van der Waals surface area contributed by atoms with Crippen LogP contribution in [0.2, 0.25) is 0 Å². The highest BCUT2D eigenvalue weighted by Crippen LogP contribution is 2.61. The zero-order valence-corrected chi connectivity index (χ0v) is 34.0. The Labute approximate surface area is 358 Å². The molecular formula is C60H43N. The third-order valence-corrected chi connectivity index (χ3v) is 12.7. The minimum Gasteiger partial charge on any atom is -0.309 e. The predicted molar refractivity (Wildman–Crippen MR) is 257 cm³/mol. The fourth-order valence-corrected chi connectivity index (χ4v) is 9.97. The van der Waals surface area contributed by atoms with Gasteiger partial charge < -0.3 is 4.90 Å². The first-order valence-corrected chi connectivity index (χ1v) is 21.2. The van der Waals surface area contributed by atoms with Gasteiger partial charge in [0.25, 0.3) is 0 Å². The van der Waals surface area contributed by atoms with Crippen LogP contribution in [0.5, 0.6) is 0 Å². The smallest absolute Gasteiger partial charge is 0.0714 e. The Kier molecular flexibility index (Phi) is 9.02. The molecule has 0 heterocycles. The van der Waals surface area contributed by atoms with Gasteiger partial charge in [0.1, 0.15) is 0 Å². The van der Waals surface area contributed by atoms with Gasteiger partial charge in [-0.1, -0.05) is 212 Å². The molecule has 0 saturated carbocycles. The van der Waals surface area contributed by atoms with Crippen molar-refractivity contribution in [3.8, 4) is 44.5 Å². The van der Waals surface area contributed by atoms with Crippen molar-refractivity contribution in [3.05, 3.63) is 270 Å². The standard InChI is InChI=1S/C60H43N/c1-42-40-46(43-20-6-2-7-21-43)36-39-57(42)61(50-37-34-45(35-38-50)52-30-17-16-29-51(52)44-22-8-3-9-23-44)59-53-31-15-14-24-47(53)41-56-58(59)54-32-18-19-33-55(54)60(56,48-25-10-4-11-26-48)49-27-12-5-13-28-49/h2-41H,1H3. The Morgan fingerprint density at radius 2 is 0.852 bits per heavy atom. The van der Waals surface area contributed by atoms with Crippen LogP contribution in [0.1, 0.15) is 27.8 Å². The van der Waals surface area contributed by atoms with Crippen LogP contribution >= 0.6 is 0 Å². The summed E-state index contributed by atoms with van der Waals surface area (Å²) in [6, 6.07) is 89.1. The summed E-state index contributed by atoms with van der Waals surface area (Å²) in [5.74, 6) is 0. The molecule has 288 valence electrons. The van der Waals surface area contributed by atoms with Gasteiger partial charge in [0.05, 0.1) is 11.1 Å². The summed E-state index contributed by atoms with van der Waals surface area (Å²) in [5.41, 5.74) is 18.9. The summed E-state index contributed by atoms with van der Waals surface area (Å²) in [6.07, 6.45) is 0. The Hall–Kier alpha value is -7.74. The molecule has 0 radical (unpaired) electrons. The van der Waals surface area contributed by atoms with Crippen LogP contribution in [0.4, 0.5) is 17.1 Å². The summed E-state index contributed by atoms with van der Waals surface area (Å²) in [4.78, 5) is 2.54. The van der Waals surface area contributed by atoms with E-state index in [1.54, 1.807) is 0 Å². The van der Waals surface area contributed by atoms with Gasteiger partial charge in [-0.15, -0.1) is 0 Å².